The molecular formula is C29H36FN5O4. The molecule has 0 radical (unpaired) electrons. The molecule has 0 spiro atoms. The number of aromatic amines is 1. The molecule has 39 heavy (non-hydrogen) atoms. The summed E-state index contributed by atoms with van der Waals surface area (Å²) < 4.78 is 26.4. The third-order valence-electron chi connectivity index (χ3n) is 7.83. The third-order valence-corrected chi connectivity index (χ3v) is 7.83. The Morgan fingerprint density at radius 3 is 2.64 bits per heavy atom. The van der Waals surface area contributed by atoms with Crippen LogP contribution in [-0.2, 0) is 9.53 Å². The molecule has 0 bridgehead atoms. The molecule has 2 fully saturated rings. The Morgan fingerprint density at radius 1 is 1.13 bits per heavy atom. The van der Waals surface area contributed by atoms with E-state index >= 15 is 4.39 Å². The number of nitrogens with one attached hydrogen (secondary N) is 3. The maximum atomic E-state index is 15.5. The highest BCUT2D eigenvalue weighted by Crippen LogP contribution is 2.39. The number of fused-ring (bicyclic) bond motifs is 1. The van der Waals surface area contributed by atoms with Crippen LogP contribution >= 0.6 is 0 Å². The maximum absolute atomic E-state index is 15.5. The number of hydrogen-bond acceptors (Lipinski definition) is 6. The fourth-order valence-corrected chi connectivity index (χ4v) is 5.46. The van der Waals surface area contributed by atoms with Crippen molar-refractivity contribution in [2.75, 3.05) is 20.3 Å². The average Bonchev–Trinajstić information content (AvgIpc) is 3.66. The molecular weight excluding hydrogens is 501 g/mol. The molecule has 2 heterocycles. The van der Waals surface area contributed by atoms with Crippen molar-refractivity contribution in [3.8, 4) is 17.0 Å². The Labute approximate surface area is 227 Å². The minimum Gasteiger partial charge on any atom is -0.492 e. The monoisotopic (exact) mass is 537 g/mol. The highest BCUT2D eigenvalue weighted by molar-refractivity contribution is 6.09. The van der Waals surface area contributed by atoms with Gasteiger partial charge in [0.25, 0.3) is 5.91 Å². The van der Waals surface area contributed by atoms with Crippen LogP contribution in [0, 0.1) is 31.5 Å². The summed E-state index contributed by atoms with van der Waals surface area (Å²) in [5.74, 6) is 0.373. The van der Waals surface area contributed by atoms with Crippen molar-refractivity contribution >= 4 is 22.8 Å². The van der Waals surface area contributed by atoms with E-state index in [1.54, 1.807) is 19.1 Å². The molecule has 2 aliphatic carbocycles. The van der Waals surface area contributed by atoms with Crippen molar-refractivity contribution in [3.63, 3.8) is 0 Å². The lowest BCUT2D eigenvalue weighted by Crippen LogP contribution is -2.48. The molecule has 2 aliphatic rings. The molecule has 3 N–H and O–H groups in total. The number of carbonyl (C=O) groups is 2. The van der Waals surface area contributed by atoms with Gasteiger partial charge in [-0.15, -0.1) is 0 Å². The van der Waals surface area contributed by atoms with E-state index in [0.717, 1.165) is 32.1 Å². The van der Waals surface area contributed by atoms with Gasteiger partial charge in [-0.1, -0.05) is 13.0 Å². The van der Waals surface area contributed by atoms with Crippen LogP contribution < -0.4 is 15.4 Å². The van der Waals surface area contributed by atoms with Crippen molar-refractivity contribution in [3.05, 3.63) is 41.1 Å². The normalized spacial score (nSPS) is 21.1. The lowest BCUT2D eigenvalue weighted by atomic mass is 9.82. The SMILES string of the molecule is COCC(=O)N[C@H]1CC[C@H](NC(=O)c2c(C)[nH]c3c(-c4c(OCC5CC5)ccc(C)c4F)ncnc23)C[C@H]1C. The number of aromatic nitrogens is 3. The second-order valence-corrected chi connectivity index (χ2v) is 11.0. The number of nitrogens with zero attached hydrogens (tertiary/aromatic N) is 2. The molecule has 0 aliphatic heterocycles. The van der Waals surface area contributed by atoms with E-state index in [1.807, 2.05) is 6.92 Å². The van der Waals surface area contributed by atoms with Crippen LogP contribution in [0.15, 0.2) is 18.5 Å². The number of ether oxygens (including phenoxy) is 2. The molecule has 2 saturated carbocycles. The summed E-state index contributed by atoms with van der Waals surface area (Å²) in [5.41, 5.74) is 3.13. The second-order valence-electron chi connectivity index (χ2n) is 11.0. The van der Waals surface area contributed by atoms with Gasteiger partial charge in [-0.2, -0.15) is 0 Å². The highest BCUT2D eigenvalue weighted by Gasteiger charge is 2.31. The van der Waals surface area contributed by atoms with Gasteiger partial charge in [0, 0.05) is 24.9 Å². The Bertz CT molecular complexity index is 1390. The van der Waals surface area contributed by atoms with Gasteiger partial charge < -0.3 is 25.1 Å². The van der Waals surface area contributed by atoms with Crippen LogP contribution in [0.25, 0.3) is 22.3 Å². The molecule has 3 aromatic rings. The highest BCUT2D eigenvalue weighted by atomic mass is 19.1. The van der Waals surface area contributed by atoms with E-state index in [1.165, 1.54) is 13.4 Å². The fraction of sp³-hybridized carbons (Fsp3) is 0.517. The lowest BCUT2D eigenvalue weighted by molar-refractivity contribution is -0.126. The lowest BCUT2D eigenvalue weighted by Gasteiger charge is -2.35. The van der Waals surface area contributed by atoms with E-state index in [9.17, 15) is 9.59 Å². The van der Waals surface area contributed by atoms with E-state index in [-0.39, 0.29) is 42.0 Å². The minimum atomic E-state index is -0.398. The van der Waals surface area contributed by atoms with Crippen LogP contribution in [0.5, 0.6) is 5.75 Å². The topological polar surface area (TPSA) is 118 Å². The summed E-state index contributed by atoms with van der Waals surface area (Å²) in [7, 11) is 1.50. The smallest absolute Gasteiger partial charge is 0.255 e. The van der Waals surface area contributed by atoms with Crippen LogP contribution in [-0.4, -0.2) is 59.2 Å². The fourth-order valence-electron chi connectivity index (χ4n) is 5.46. The predicted octanol–water partition coefficient (Wildman–Crippen LogP) is 4.22. The molecule has 1 aromatic carbocycles. The molecule has 10 heteroatoms. The third kappa shape index (κ3) is 5.75. The maximum Gasteiger partial charge on any atom is 0.255 e. The summed E-state index contributed by atoms with van der Waals surface area (Å²) in [4.78, 5) is 37.5. The Morgan fingerprint density at radius 2 is 1.92 bits per heavy atom. The molecule has 208 valence electrons. The summed E-state index contributed by atoms with van der Waals surface area (Å²) in [6.45, 7) is 6.17. The van der Waals surface area contributed by atoms with Gasteiger partial charge in [0.2, 0.25) is 5.91 Å². The molecule has 2 amide bonds. The first-order chi connectivity index (χ1) is 18.8. The number of carbonyl (C=O) groups excluding carboxylic acids is 2. The zero-order valence-electron chi connectivity index (χ0n) is 22.9. The number of benzene rings is 1. The number of halogens is 1. The minimum absolute atomic E-state index is 0.0354. The van der Waals surface area contributed by atoms with E-state index in [0.29, 0.717) is 51.8 Å². The molecule has 0 saturated heterocycles. The molecule has 3 atom stereocenters. The van der Waals surface area contributed by atoms with Gasteiger partial charge in [0.05, 0.1) is 23.3 Å². The van der Waals surface area contributed by atoms with Gasteiger partial charge in [-0.25, -0.2) is 14.4 Å². The summed E-state index contributed by atoms with van der Waals surface area (Å²) in [5, 5.41) is 6.18. The molecule has 9 nitrogen and oxygen atoms in total. The Hall–Kier alpha value is -3.53. The number of amides is 2. The van der Waals surface area contributed by atoms with Crippen molar-refractivity contribution in [2.24, 2.45) is 11.8 Å². The van der Waals surface area contributed by atoms with E-state index in [4.69, 9.17) is 9.47 Å². The number of methoxy groups -OCH3 is 1. The Balaban J connectivity index is 1.38. The first-order valence-electron chi connectivity index (χ1n) is 13.6. The summed E-state index contributed by atoms with van der Waals surface area (Å²) in [6.07, 6.45) is 5.85. The molecule has 2 aromatic heterocycles. The summed E-state index contributed by atoms with van der Waals surface area (Å²) in [6, 6.07) is 3.50. The first kappa shape index (κ1) is 27.1. The summed E-state index contributed by atoms with van der Waals surface area (Å²) >= 11 is 0. The van der Waals surface area contributed by atoms with E-state index < -0.39 is 5.82 Å². The van der Waals surface area contributed by atoms with E-state index in [2.05, 4.69) is 32.5 Å². The standard InChI is InChI=1S/C29H36FN5O4/c1-15-5-10-21(39-12-18-6-7-18)24(25(15)30)27-28-26(31-14-32-27)23(17(3)33-28)29(37)34-19-8-9-20(16(2)11-19)35-22(36)13-38-4/h5,10,14,16,18-20,33H,6-9,11-13H2,1-4H3,(H,34,37)(H,35,36)/t16-,19+,20+/m1/s1. The van der Waals surface area contributed by atoms with Crippen LogP contribution in [0.3, 0.4) is 0 Å². The van der Waals surface area contributed by atoms with Crippen molar-refractivity contribution in [2.45, 2.75) is 65.0 Å². The number of H-pyrrole nitrogens is 1. The van der Waals surface area contributed by atoms with Gasteiger partial charge >= 0.3 is 0 Å². The van der Waals surface area contributed by atoms with Crippen LogP contribution in [0.4, 0.5) is 4.39 Å². The first-order valence-corrected chi connectivity index (χ1v) is 13.6. The van der Waals surface area contributed by atoms with Gasteiger partial charge in [0.1, 0.15) is 35.7 Å². The second kappa shape index (κ2) is 11.3. The zero-order valence-corrected chi connectivity index (χ0v) is 22.9. The average molecular weight is 538 g/mol. The van der Waals surface area contributed by atoms with Gasteiger partial charge in [0.15, 0.2) is 0 Å². The zero-order chi connectivity index (χ0) is 27.7. The van der Waals surface area contributed by atoms with Crippen molar-refractivity contribution < 1.29 is 23.5 Å². The van der Waals surface area contributed by atoms with Crippen molar-refractivity contribution in [1.82, 2.24) is 25.6 Å². The van der Waals surface area contributed by atoms with Gasteiger partial charge in [-0.05, 0) is 69.4 Å². The van der Waals surface area contributed by atoms with Crippen LogP contribution in [0.1, 0.15) is 60.6 Å². The molecule has 5 rings (SSSR count). The number of hydrogen-bond donors (Lipinski definition) is 3. The predicted molar refractivity (Wildman–Crippen MR) is 145 cm³/mol. The van der Waals surface area contributed by atoms with Crippen molar-refractivity contribution in [1.29, 1.82) is 0 Å². The van der Waals surface area contributed by atoms with Gasteiger partial charge in [-0.3, -0.25) is 9.59 Å². The quantitative estimate of drug-likeness (QED) is 0.376. The molecule has 0 unspecified atom stereocenters. The largest absolute Gasteiger partial charge is 0.492 e. The Kier molecular flexibility index (Phi) is 7.83. The number of aryl methyl sites for hydroxylation is 2. The van der Waals surface area contributed by atoms with Crippen LogP contribution in [0.2, 0.25) is 0 Å². The number of rotatable bonds is 9.